The summed E-state index contributed by atoms with van der Waals surface area (Å²) < 4.78 is 44.7. The number of ether oxygens (including phenoxy) is 2. The van der Waals surface area contributed by atoms with Crippen LogP contribution in [0.5, 0.6) is 5.75 Å². The van der Waals surface area contributed by atoms with Gasteiger partial charge in [0.25, 0.3) is 0 Å². The van der Waals surface area contributed by atoms with Crippen molar-refractivity contribution < 1.29 is 22.6 Å². The molecule has 4 nitrogen and oxygen atoms in total. The minimum atomic E-state index is -4.67. The Morgan fingerprint density at radius 3 is 2.37 bits per heavy atom. The lowest BCUT2D eigenvalue weighted by molar-refractivity contribution is -0.274. The zero-order valence-corrected chi connectivity index (χ0v) is 10.5. The molecule has 0 spiro atoms. The van der Waals surface area contributed by atoms with Crippen molar-refractivity contribution in [3.63, 3.8) is 0 Å². The van der Waals surface area contributed by atoms with Crippen LogP contribution in [0.4, 0.5) is 13.2 Å². The lowest BCUT2D eigenvalue weighted by Crippen LogP contribution is -2.37. The minimum absolute atomic E-state index is 0.00864. The third kappa shape index (κ3) is 6.42. The summed E-state index contributed by atoms with van der Waals surface area (Å²) in [5.74, 6) is 5.16. The molecule has 1 unspecified atom stereocenters. The van der Waals surface area contributed by atoms with Crippen LogP contribution in [-0.2, 0) is 11.2 Å². The molecule has 1 rings (SSSR count). The molecule has 108 valence electrons. The molecular formula is C12H17F3N2O2. The van der Waals surface area contributed by atoms with E-state index in [-0.39, 0.29) is 11.8 Å². The maximum Gasteiger partial charge on any atom is 0.573 e. The Morgan fingerprint density at radius 1 is 1.26 bits per heavy atom. The molecule has 1 atom stereocenters. The summed E-state index contributed by atoms with van der Waals surface area (Å²) in [5.41, 5.74) is 3.52. The Bertz CT molecular complexity index is 368. The summed E-state index contributed by atoms with van der Waals surface area (Å²) in [6.45, 7) is 0.560. The van der Waals surface area contributed by atoms with Gasteiger partial charge >= 0.3 is 6.36 Å². The molecule has 0 aliphatic heterocycles. The Hall–Kier alpha value is -1.31. The van der Waals surface area contributed by atoms with E-state index in [2.05, 4.69) is 10.2 Å². The third-order valence-corrected chi connectivity index (χ3v) is 2.55. The number of alkyl halides is 3. The number of hydrogen-bond donors (Lipinski definition) is 2. The molecule has 0 fully saturated rings. The van der Waals surface area contributed by atoms with Crippen LogP contribution in [-0.4, -0.2) is 26.1 Å². The van der Waals surface area contributed by atoms with Gasteiger partial charge in [-0.15, -0.1) is 13.2 Å². The van der Waals surface area contributed by atoms with Crippen molar-refractivity contribution in [2.24, 2.45) is 5.84 Å². The van der Waals surface area contributed by atoms with Gasteiger partial charge in [-0.1, -0.05) is 12.1 Å². The van der Waals surface area contributed by atoms with Crippen LogP contribution in [0.1, 0.15) is 12.0 Å². The monoisotopic (exact) mass is 278 g/mol. The van der Waals surface area contributed by atoms with Gasteiger partial charge in [0, 0.05) is 19.8 Å². The van der Waals surface area contributed by atoms with Gasteiger partial charge in [-0.3, -0.25) is 11.3 Å². The first-order valence-corrected chi connectivity index (χ1v) is 5.74. The number of hydrazine groups is 1. The fourth-order valence-corrected chi connectivity index (χ4v) is 1.62. The molecule has 0 amide bonds. The first-order valence-electron chi connectivity index (χ1n) is 5.74. The quantitative estimate of drug-likeness (QED) is 0.591. The van der Waals surface area contributed by atoms with Crippen LogP contribution in [0.25, 0.3) is 0 Å². The van der Waals surface area contributed by atoms with Crippen LogP contribution in [0.15, 0.2) is 24.3 Å². The van der Waals surface area contributed by atoms with E-state index < -0.39 is 6.36 Å². The molecule has 3 N–H and O–H groups in total. The minimum Gasteiger partial charge on any atom is -0.406 e. The van der Waals surface area contributed by atoms with E-state index in [0.717, 1.165) is 5.56 Å². The maximum absolute atomic E-state index is 12.0. The predicted octanol–water partition coefficient (Wildman–Crippen LogP) is 2.00. The number of nitrogens with two attached hydrogens (primary N) is 1. The van der Waals surface area contributed by atoms with Crippen molar-refractivity contribution in [3.8, 4) is 5.75 Å². The van der Waals surface area contributed by atoms with Gasteiger partial charge in [0.05, 0.1) is 0 Å². The van der Waals surface area contributed by atoms with Crippen LogP contribution < -0.4 is 16.0 Å². The average Bonchev–Trinajstić information content (AvgIpc) is 2.34. The first-order chi connectivity index (χ1) is 8.94. The number of halogens is 3. The van der Waals surface area contributed by atoms with Gasteiger partial charge in [0.1, 0.15) is 5.75 Å². The summed E-state index contributed by atoms with van der Waals surface area (Å²) >= 11 is 0. The Labute approximate surface area is 109 Å². The second-order valence-electron chi connectivity index (χ2n) is 4.04. The summed E-state index contributed by atoms with van der Waals surface area (Å²) in [6, 6.07) is 5.74. The number of methoxy groups -OCH3 is 1. The largest absolute Gasteiger partial charge is 0.573 e. The summed E-state index contributed by atoms with van der Waals surface area (Å²) in [6.07, 6.45) is -3.35. The Morgan fingerprint density at radius 2 is 1.89 bits per heavy atom. The first kappa shape index (κ1) is 15.7. The zero-order chi connectivity index (χ0) is 14.3. The molecule has 0 radical (unpaired) electrons. The number of nitrogens with one attached hydrogen (secondary N) is 1. The van der Waals surface area contributed by atoms with E-state index in [1.165, 1.54) is 12.1 Å². The van der Waals surface area contributed by atoms with Gasteiger partial charge in [-0.05, 0) is 30.5 Å². The van der Waals surface area contributed by atoms with Crippen LogP contribution in [0, 0.1) is 0 Å². The van der Waals surface area contributed by atoms with Crippen LogP contribution >= 0.6 is 0 Å². The highest BCUT2D eigenvalue weighted by molar-refractivity contribution is 5.27. The molecule has 0 aromatic heterocycles. The predicted molar refractivity (Wildman–Crippen MR) is 64.4 cm³/mol. The molecule has 0 saturated carbocycles. The lowest BCUT2D eigenvalue weighted by Gasteiger charge is -2.15. The van der Waals surface area contributed by atoms with E-state index in [1.807, 2.05) is 0 Å². The summed E-state index contributed by atoms with van der Waals surface area (Å²) in [4.78, 5) is 0. The molecule has 19 heavy (non-hydrogen) atoms. The zero-order valence-electron chi connectivity index (χ0n) is 10.5. The molecule has 1 aromatic carbocycles. The number of rotatable bonds is 7. The molecular weight excluding hydrogens is 261 g/mol. The van der Waals surface area contributed by atoms with Crippen LogP contribution in [0.3, 0.4) is 0 Å². The average molecular weight is 278 g/mol. The normalized spacial score (nSPS) is 13.3. The fourth-order valence-electron chi connectivity index (χ4n) is 1.62. The standard InChI is InChI=1S/C12H17F3N2O2/c1-18-7-6-10(17-16)8-9-2-4-11(5-3-9)19-12(13,14)15/h2-5,10,17H,6-8,16H2,1H3. The highest BCUT2D eigenvalue weighted by Gasteiger charge is 2.30. The molecule has 0 aliphatic carbocycles. The van der Waals surface area contributed by atoms with E-state index in [0.29, 0.717) is 19.4 Å². The molecule has 0 bridgehead atoms. The van der Waals surface area contributed by atoms with E-state index in [4.69, 9.17) is 10.6 Å². The molecule has 0 heterocycles. The fraction of sp³-hybridized carbons (Fsp3) is 0.500. The van der Waals surface area contributed by atoms with E-state index in [9.17, 15) is 13.2 Å². The van der Waals surface area contributed by atoms with Gasteiger partial charge in [-0.25, -0.2) is 0 Å². The molecule has 7 heteroatoms. The smallest absolute Gasteiger partial charge is 0.406 e. The molecule has 0 aliphatic rings. The SMILES string of the molecule is COCCC(Cc1ccc(OC(F)(F)F)cc1)NN. The van der Waals surface area contributed by atoms with Gasteiger partial charge < -0.3 is 9.47 Å². The van der Waals surface area contributed by atoms with Crippen molar-refractivity contribution in [2.45, 2.75) is 25.2 Å². The van der Waals surface area contributed by atoms with Crippen LogP contribution in [0.2, 0.25) is 0 Å². The Kier molecular flexibility index (Phi) is 6.07. The summed E-state index contributed by atoms with van der Waals surface area (Å²) in [5, 5.41) is 0. The van der Waals surface area contributed by atoms with E-state index in [1.54, 1.807) is 19.2 Å². The second kappa shape index (κ2) is 7.32. The topological polar surface area (TPSA) is 56.5 Å². The van der Waals surface area contributed by atoms with E-state index >= 15 is 0 Å². The lowest BCUT2D eigenvalue weighted by atomic mass is 10.0. The maximum atomic E-state index is 12.0. The van der Waals surface area contributed by atoms with Crippen molar-refractivity contribution >= 4 is 0 Å². The highest BCUT2D eigenvalue weighted by atomic mass is 19.4. The summed E-state index contributed by atoms with van der Waals surface area (Å²) in [7, 11) is 1.59. The number of hydrogen-bond acceptors (Lipinski definition) is 4. The number of benzene rings is 1. The van der Waals surface area contributed by atoms with Gasteiger partial charge in [0.2, 0.25) is 0 Å². The van der Waals surface area contributed by atoms with Crippen molar-refractivity contribution in [3.05, 3.63) is 29.8 Å². The highest BCUT2D eigenvalue weighted by Crippen LogP contribution is 2.23. The third-order valence-electron chi connectivity index (χ3n) is 2.55. The molecule has 0 saturated heterocycles. The van der Waals surface area contributed by atoms with Crippen molar-refractivity contribution in [1.29, 1.82) is 0 Å². The van der Waals surface area contributed by atoms with Crippen molar-refractivity contribution in [1.82, 2.24) is 5.43 Å². The Balaban J connectivity index is 2.55. The van der Waals surface area contributed by atoms with Crippen molar-refractivity contribution in [2.75, 3.05) is 13.7 Å². The molecule has 1 aromatic rings. The second-order valence-corrected chi connectivity index (χ2v) is 4.04. The van der Waals surface area contributed by atoms with Gasteiger partial charge in [-0.2, -0.15) is 0 Å². The van der Waals surface area contributed by atoms with Gasteiger partial charge in [0.15, 0.2) is 0 Å².